The van der Waals surface area contributed by atoms with Gasteiger partial charge in [0.25, 0.3) is 0 Å². The van der Waals surface area contributed by atoms with Crippen molar-refractivity contribution in [3.05, 3.63) is 35.9 Å². The molecule has 0 N–H and O–H groups in total. The van der Waals surface area contributed by atoms with Crippen molar-refractivity contribution in [3.63, 3.8) is 0 Å². The van der Waals surface area contributed by atoms with Crippen LogP contribution >= 0.6 is 0 Å². The highest BCUT2D eigenvalue weighted by Crippen LogP contribution is 2.52. The van der Waals surface area contributed by atoms with Crippen LogP contribution < -0.4 is 9.47 Å². The minimum absolute atomic E-state index is 0.0211. The molecule has 2 fully saturated rings. The van der Waals surface area contributed by atoms with Gasteiger partial charge in [0.05, 0.1) is 25.0 Å². The second-order valence-electron chi connectivity index (χ2n) is 7.23. The fourth-order valence-corrected chi connectivity index (χ4v) is 4.68. The summed E-state index contributed by atoms with van der Waals surface area (Å²) in [6.45, 7) is 5.45. The van der Waals surface area contributed by atoms with Gasteiger partial charge in [0.15, 0.2) is 11.5 Å². The lowest BCUT2D eigenvalue weighted by Crippen LogP contribution is -2.34. The molecule has 1 aromatic rings. The lowest BCUT2D eigenvalue weighted by molar-refractivity contribution is -0.140. The Hall–Kier alpha value is -2.30. The molecule has 1 heterocycles. The Balaban J connectivity index is 1.45. The maximum atomic E-state index is 12.7. The number of carbonyl (C=O) groups excluding carboxylic acids is 2. The summed E-state index contributed by atoms with van der Waals surface area (Å²) in [6, 6.07) is 5.83. The van der Waals surface area contributed by atoms with Gasteiger partial charge in [-0.1, -0.05) is 18.2 Å². The standard InChI is InChI=1S/C21H25NO4/c1-3-25-16-8-5-13(11-17(16)26-4-2)9-10-22-20(23)18-14-6-7-15(12-14)19(18)21(22)24/h5-8,11,14-15,18-19H,3-4,9-10,12H2,1-2H3/t14-,15+,18+,19-. The SMILES string of the molecule is CCOc1ccc(CCN2C(=O)[C@@H]3[C@H](C2=O)[C@H]2C=C[C@@H]3C2)cc1OCC. The summed E-state index contributed by atoms with van der Waals surface area (Å²) in [6.07, 6.45) is 5.85. The van der Waals surface area contributed by atoms with Crippen molar-refractivity contribution < 1.29 is 19.1 Å². The summed E-state index contributed by atoms with van der Waals surface area (Å²) in [5.41, 5.74) is 1.04. The van der Waals surface area contributed by atoms with Gasteiger partial charge in [0.1, 0.15) is 0 Å². The van der Waals surface area contributed by atoms with Crippen LogP contribution in [0.15, 0.2) is 30.4 Å². The minimum Gasteiger partial charge on any atom is -0.490 e. The number of likely N-dealkylation sites (tertiary alicyclic amines) is 1. The number of fused-ring (bicyclic) bond motifs is 5. The summed E-state index contributed by atoms with van der Waals surface area (Å²) in [7, 11) is 0. The van der Waals surface area contributed by atoms with Gasteiger partial charge in [-0.05, 0) is 56.2 Å². The van der Waals surface area contributed by atoms with E-state index in [1.54, 1.807) is 0 Å². The number of amides is 2. The first-order chi connectivity index (χ1) is 12.6. The summed E-state index contributed by atoms with van der Waals surface area (Å²) < 4.78 is 11.2. The molecule has 26 heavy (non-hydrogen) atoms. The molecule has 1 saturated heterocycles. The quantitative estimate of drug-likeness (QED) is 0.557. The lowest BCUT2D eigenvalue weighted by Gasteiger charge is -2.18. The molecule has 2 amide bonds. The first kappa shape index (κ1) is 17.1. The Bertz CT molecular complexity index is 726. The maximum Gasteiger partial charge on any atom is 0.233 e. The van der Waals surface area contributed by atoms with Crippen LogP contribution in [0, 0.1) is 23.7 Å². The van der Waals surface area contributed by atoms with Gasteiger partial charge in [-0.3, -0.25) is 14.5 Å². The molecule has 0 aromatic heterocycles. The molecule has 138 valence electrons. The van der Waals surface area contributed by atoms with E-state index in [2.05, 4.69) is 12.2 Å². The van der Waals surface area contributed by atoms with Crippen LogP contribution in [0.25, 0.3) is 0 Å². The third-order valence-electron chi connectivity index (χ3n) is 5.79. The highest BCUT2D eigenvalue weighted by molar-refractivity contribution is 6.06. The first-order valence-electron chi connectivity index (χ1n) is 9.56. The van der Waals surface area contributed by atoms with Gasteiger partial charge in [-0.25, -0.2) is 0 Å². The molecular formula is C21H25NO4. The van der Waals surface area contributed by atoms with E-state index in [1.807, 2.05) is 32.0 Å². The monoisotopic (exact) mass is 355 g/mol. The zero-order valence-corrected chi connectivity index (χ0v) is 15.3. The van der Waals surface area contributed by atoms with Gasteiger partial charge in [0.2, 0.25) is 11.8 Å². The van der Waals surface area contributed by atoms with Crippen LogP contribution in [-0.2, 0) is 16.0 Å². The maximum absolute atomic E-state index is 12.7. The van der Waals surface area contributed by atoms with Crippen molar-refractivity contribution >= 4 is 11.8 Å². The van der Waals surface area contributed by atoms with E-state index >= 15 is 0 Å². The van der Waals surface area contributed by atoms with Crippen LogP contribution in [0.3, 0.4) is 0 Å². The molecule has 5 nitrogen and oxygen atoms in total. The van der Waals surface area contributed by atoms with E-state index in [-0.39, 0.29) is 35.5 Å². The molecule has 4 atom stereocenters. The smallest absolute Gasteiger partial charge is 0.233 e. The molecule has 0 unspecified atom stereocenters. The summed E-state index contributed by atoms with van der Waals surface area (Å²) >= 11 is 0. The number of hydrogen-bond donors (Lipinski definition) is 0. The Kier molecular flexibility index (Phi) is 4.47. The molecule has 1 saturated carbocycles. The van der Waals surface area contributed by atoms with Gasteiger partial charge in [0, 0.05) is 6.54 Å². The first-order valence-corrected chi connectivity index (χ1v) is 9.56. The van der Waals surface area contributed by atoms with Crippen LogP contribution in [0.5, 0.6) is 11.5 Å². The predicted octanol–water partition coefficient (Wildman–Crippen LogP) is 2.83. The molecule has 4 rings (SSSR count). The summed E-state index contributed by atoms with van der Waals surface area (Å²) in [5, 5.41) is 0. The Morgan fingerprint density at radius 1 is 0.962 bits per heavy atom. The Morgan fingerprint density at radius 2 is 1.58 bits per heavy atom. The number of ether oxygens (including phenoxy) is 2. The summed E-state index contributed by atoms with van der Waals surface area (Å²) in [4.78, 5) is 27.0. The Labute approximate surface area is 154 Å². The lowest BCUT2D eigenvalue weighted by atomic mass is 9.85. The third kappa shape index (κ3) is 2.70. The van der Waals surface area contributed by atoms with Gasteiger partial charge in [-0.2, -0.15) is 0 Å². The average Bonchev–Trinajstić information content (AvgIpc) is 3.30. The fourth-order valence-electron chi connectivity index (χ4n) is 4.68. The van der Waals surface area contributed by atoms with E-state index in [0.717, 1.165) is 17.7 Å². The molecule has 5 heteroatoms. The van der Waals surface area contributed by atoms with Crippen molar-refractivity contribution in [3.8, 4) is 11.5 Å². The molecule has 1 aliphatic heterocycles. The molecule has 0 spiro atoms. The van der Waals surface area contributed by atoms with Crippen LogP contribution in [0.1, 0.15) is 25.8 Å². The van der Waals surface area contributed by atoms with Crippen LogP contribution in [-0.4, -0.2) is 36.5 Å². The largest absolute Gasteiger partial charge is 0.490 e. The second-order valence-corrected chi connectivity index (χ2v) is 7.23. The number of allylic oxidation sites excluding steroid dienone is 2. The Morgan fingerprint density at radius 3 is 2.19 bits per heavy atom. The predicted molar refractivity (Wildman–Crippen MR) is 96.9 cm³/mol. The molecule has 2 aliphatic carbocycles. The van der Waals surface area contributed by atoms with Crippen LogP contribution in [0.2, 0.25) is 0 Å². The number of imide groups is 1. The zero-order valence-electron chi connectivity index (χ0n) is 15.3. The van der Waals surface area contributed by atoms with E-state index in [4.69, 9.17) is 9.47 Å². The minimum atomic E-state index is -0.114. The second kappa shape index (κ2) is 6.78. The number of nitrogens with zero attached hydrogens (tertiary/aromatic N) is 1. The number of rotatable bonds is 7. The van der Waals surface area contributed by atoms with Crippen molar-refractivity contribution in [2.45, 2.75) is 26.7 Å². The molecule has 1 aromatic carbocycles. The van der Waals surface area contributed by atoms with Gasteiger partial charge in [-0.15, -0.1) is 0 Å². The molecule has 3 aliphatic rings. The number of hydrogen-bond acceptors (Lipinski definition) is 4. The van der Waals surface area contributed by atoms with E-state index < -0.39 is 0 Å². The topological polar surface area (TPSA) is 55.8 Å². The third-order valence-corrected chi connectivity index (χ3v) is 5.79. The van der Waals surface area contributed by atoms with E-state index in [1.165, 1.54) is 4.90 Å². The van der Waals surface area contributed by atoms with E-state index in [9.17, 15) is 9.59 Å². The average molecular weight is 355 g/mol. The van der Waals surface area contributed by atoms with Crippen molar-refractivity contribution in [2.75, 3.05) is 19.8 Å². The normalized spacial score (nSPS) is 28.8. The van der Waals surface area contributed by atoms with Crippen LogP contribution in [0.4, 0.5) is 0 Å². The van der Waals surface area contributed by atoms with Crippen molar-refractivity contribution in [1.29, 1.82) is 0 Å². The number of carbonyl (C=O) groups is 2. The van der Waals surface area contributed by atoms with Crippen molar-refractivity contribution in [2.24, 2.45) is 23.7 Å². The fraction of sp³-hybridized carbons (Fsp3) is 0.524. The summed E-state index contributed by atoms with van der Waals surface area (Å²) in [5.74, 6) is 1.78. The zero-order chi connectivity index (χ0) is 18.3. The molecular weight excluding hydrogens is 330 g/mol. The molecule has 2 bridgehead atoms. The van der Waals surface area contributed by atoms with Crippen molar-refractivity contribution in [1.82, 2.24) is 4.90 Å². The molecule has 0 radical (unpaired) electrons. The van der Waals surface area contributed by atoms with E-state index in [0.29, 0.717) is 31.9 Å². The van der Waals surface area contributed by atoms with Gasteiger partial charge >= 0.3 is 0 Å². The number of benzene rings is 1. The highest BCUT2D eigenvalue weighted by Gasteiger charge is 2.58. The highest BCUT2D eigenvalue weighted by atomic mass is 16.5. The van der Waals surface area contributed by atoms with Gasteiger partial charge < -0.3 is 9.47 Å².